The van der Waals surface area contributed by atoms with Crippen LogP contribution in [0.5, 0.6) is 0 Å². The highest BCUT2D eigenvalue weighted by atomic mass is 15.2. The summed E-state index contributed by atoms with van der Waals surface area (Å²) < 4.78 is 0. The van der Waals surface area contributed by atoms with Crippen molar-refractivity contribution < 1.29 is 0 Å². The minimum absolute atomic E-state index is 0.143. The third-order valence-corrected chi connectivity index (χ3v) is 4.88. The number of aromatic nitrogens is 1. The van der Waals surface area contributed by atoms with Gasteiger partial charge < -0.3 is 10.6 Å². The molecule has 1 aromatic heterocycles. The summed E-state index contributed by atoms with van der Waals surface area (Å²) in [6.45, 7) is 2.35. The Labute approximate surface area is 117 Å². The topological polar surface area (TPSA) is 42.1 Å². The standard InChI is InChI=1S/C16H27N3/c1-13-7-9-16(10-8-13,19(2)3)15(17)12-14-6-4-5-11-18-14/h4-6,11,13,15H,7-10,12,17H2,1-3H3. The Balaban J connectivity index is 2.11. The van der Waals surface area contributed by atoms with Crippen molar-refractivity contribution in [1.29, 1.82) is 0 Å². The summed E-state index contributed by atoms with van der Waals surface area (Å²) in [5, 5.41) is 0. The first-order valence-corrected chi connectivity index (χ1v) is 7.37. The van der Waals surface area contributed by atoms with Gasteiger partial charge in [-0.05, 0) is 57.8 Å². The Morgan fingerprint density at radius 2 is 2.05 bits per heavy atom. The van der Waals surface area contributed by atoms with E-state index in [1.807, 2.05) is 18.3 Å². The van der Waals surface area contributed by atoms with Gasteiger partial charge in [0.15, 0.2) is 0 Å². The van der Waals surface area contributed by atoms with E-state index >= 15 is 0 Å². The van der Waals surface area contributed by atoms with Gasteiger partial charge in [-0.15, -0.1) is 0 Å². The van der Waals surface area contributed by atoms with Gasteiger partial charge in [0, 0.05) is 29.9 Å². The molecule has 1 atom stereocenters. The Kier molecular flexibility index (Phi) is 4.58. The fourth-order valence-electron chi connectivity index (χ4n) is 3.35. The van der Waals surface area contributed by atoms with Gasteiger partial charge in [-0.1, -0.05) is 13.0 Å². The van der Waals surface area contributed by atoms with Gasteiger partial charge in [0.05, 0.1) is 0 Å². The summed E-state index contributed by atoms with van der Waals surface area (Å²) in [6.07, 6.45) is 7.70. The van der Waals surface area contributed by atoms with Crippen LogP contribution in [-0.4, -0.2) is 35.6 Å². The Morgan fingerprint density at radius 1 is 1.37 bits per heavy atom. The predicted octanol–water partition coefficient (Wildman–Crippen LogP) is 2.46. The smallest absolute Gasteiger partial charge is 0.0419 e. The van der Waals surface area contributed by atoms with Crippen molar-refractivity contribution in [1.82, 2.24) is 9.88 Å². The predicted molar refractivity (Wildman–Crippen MR) is 80.0 cm³/mol. The molecule has 0 aliphatic heterocycles. The highest BCUT2D eigenvalue weighted by Crippen LogP contribution is 2.37. The molecule has 3 nitrogen and oxygen atoms in total. The highest BCUT2D eigenvalue weighted by Gasteiger charge is 2.41. The van der Waals surface area contributed by atoms with Crippen LogP contribution >= 0.6 is 0 Å². The lowest BCUT2D eigenvalue weighted by molar-refractivity contribution is 0.0565. The molecule has 0 amide bonds. The zero-order valence-corrected chi connectivity index (χ0v) is 12.5. The van der Waals surface area contributed by atoms with Gasteiger partial charge in [0.1, 0.15) is 0 Å². The molecule has 0 spiro atoms. The molecular formula is C16H27N3. The highest BCUT2D eigenvalue weighted by molar-refractivity contribution is 5.10. The Hall–Kier alpha value is -0.930. The van der Waals surface area contributed by atoms with E-state index in [1.165, 1.54) is 25.7 Å². The molecule has 1 saturated carbocycles. The van der Waals surface area contributed by atoms with E-state index in [0.717, 1.165) is 18.0 Å². The number of hydrogen-bond acceptors (Lipinski definition) is 3. The first kappa shape index (κ1) is 14.5. The third kappa shape index (κ3) is 3.15. The second-order valence-electron chi connectivity index (χ2n) is 6.31. The summed E-state index contributed by atoms with van der Waals surface area (Å²) in [7, 11) is 4.35. The van der Waals surface area contributed by atoms with Crippen molar-refractivity contribution in [2.75, 3.05) is 14.1 Å². The number of nitrogens with zero attached hydrogens (tertiary/aromatic N) is 2. The largest absolute Gasteiger partial charge is 0.326 e. The van der Waals surface area contributed by atoms with Crippen LogP contribution in [0.2, 0.25) is 0 Å². The molecule has 1 heterocycles. The van der Waals surface area contributed by atoms with E-state index < -0.39 is 0 Å². The molecule has 106 valence electrons. The molecular weight excluding hydrogens is 234 g/mol. The number of rotatable bonds is 4. The quantitative estimate of drug-likeness (QED) is 0.905. The average molecular weight is 261 g/mol. The second kappa shape index (κ2) is 6.02. The van der Waals surface area contributed by atoms with Gasteiger partial charge >= 0.3 is 0 Å². The SMILES string of the molecule is CC1CCC(C(N)Cc2ccccn2)(N(C)C)CC1. The van der Waals surface area contributed by atoms with E-state index in [2.05, 4.69) is 37.0 Å². The number of hydrogen-bond donors (Lipinski definition) is 1. The van der Waals surface area contributed by atoms with Crippen LogP contribution in [0.1, 0.15) is 38.3 Å². The fourth-order valence-corrected chi connectivity index (χ4v) is 3.35. The Bertz CT molecular complexity index is 380. The number of pyridine rings is 1. The normalized spacial score (nSPS) is 29.4. The first-order chi connectivity index (χ1) is 9.04. The summed E-state index contributed by atoms with van der Waals surface area (Å²) in [4.78, 5) is 6.77. The van der Waals surface area contributed by atoms with Gasteiger partial charge in [0.25, 0.3) is 0 Å². The number of likely N-dealkylation sites (N-methyl/N-ethyl adjacent to an activating group) is 1. The van der Waals surface area contributed by atoms with Crippen molar-refractivity contribution in [3.05, 3.63) is 30.1 Å². The van der Waals surface area contributed by atoms with E-state index in [4.69, 9.17) is 5.73 Å². The third-order valence-electron chi connectivity index (χ3n) is 4.88. The molecule has 2 rings (SSSR count). The summed E-state index contributed by atoms with van der Waals surface area (Å²) in [6, 6.07) is 6.23. The van der Waals surface area contributed by atoms with Gasteiger partial charge in [-0.2, -0.15) is 0 Å². The second-order valence-corrected chi connectivity index (χ2v) is 6.31. The minimum Gasteiger partial charge on any atom is -0.326 e. The van der Waals surface area contributed by atoms with Crippen LogP contribution in [0.3, 0.4) is 0 Å². The van der Waals surface area contributed by atoms with Crippen molar-refractivity contribution in [3.8, 4) is 0 Å². The zero-order valence-electron chi connectivity index (χ0n) is 12.5. The summed E-state index contributed by atoms with van der Waals surface area (Å²) >= 11 is 0. The molecule has 1 aliphatic carbocycles. The summed E-state index contributed by atoms with van der Waals surface area (Å²) in [5.74, 6) is 0.843. The molecule has 3 heteroatoms. The van der Waals surface area contributed by atoms with Crippen LogP contribution in [0.4, 0.5) is 0 Å². The Morgan fingerprint density at radius 3 is 2.58 bits per heavy atom. The van der Waals surface area contributed by atoms with E-state index in [0.29, 0.717) is 0 Å². The van der Waals surface area contributed by atoms with Crippen molar-refractivity contribution in [3.63, 3.8) is 0 Å². The van der Waals surface area contributed by atoms with Gasteiger partial charge in [-0.3, -0.25) is 4.98 Å². The lowest BCUT2D eigenvalue weighted by Gasteiger charge is -2.48. The molecule has 1 aliphatic rings. The molecule has 0 aromatic carbocycles. The zero-order chi connectivity index (χ0) is 13.9. The van der Waals surface area contributed by atoms with Crippen molar-refractivity contribution in [2.24, 2.45) is 11.7 Å². The van der Waals surface area contributed by atoms with Crippen LogP contribution in [0, 0.1) is 5.92 Å². The molecule has 0 saturated heterocycles. The molecule has 1 fully saturated rings. The maximum Gasteiger partial charge on any atom is 0.0419 e. The molecule has 1 aromatic rings. The molecule has 2 N–H and O–H groups in total. The van der Waals surface area contributed by atoms with Crippen LogP contribution < -0.4 is 5.73 Å². The van der Waals surface area contributed by atoms with Gasteiger partial charge in [0.2, 0.25) is 0 Å². The summed E-state index contributed by atoms with van der Waals surface area (Å²) in [5.41, 5.74) is 7.83. The molecule has 0 bridgehead atoms. The van der Waals surface area contributed by atoms with Crippen LogP contribution in [0.25, 0.3) is 0 Å². The van der Waals surface area contributed by atoms with Crippen molar-refractivity contribution >= 4 is 0 Å². The first-order valence-electron chi connectivity index (χ1n) is 7.37. The van der Waals surface area contributed by atoms with Gasteiger partial charge in [-0.25, -0.2) is 0 Å². The lowest BCUT2D eigenvalue weighted by atomic mass is 9.71. The van der Waals surface area contributed by atoms with E-state index in [1.54, 1.807) is 0 Å². The monoisotopic (exact) mass is 261 g/mol. The molecule has 1 unspecified atom stereocenters. The van der Waals surface area contributed by atoms with E-state index in [-0.39, 0.29) is 11.6 Å². The molecule has 0 radical (unpaired) electrons. The van der Waals surface area contributed by atoms with Crippen molar-refractivity contribution in [2.45, 2.75) is 50.6 Å². The van der Waals surface area contributed by atoms with Crippen LogP contribution in [-0.2, 0) is 6.42 Å². The maximum atomic E-state index is 6.58. The van der Waals surface area contributed by atoms with Crippen LogP contribution in [0.15, 0.2) is 24.4 Å². The number of nitrogens with two attached hydrogens (primary N) is 1. The lowest BCUT2D eigenvalue weighted by Crippen LogP contribution is -2.59. The van der Waals surface area contributed by atoms with E-state index in [9.17, 15) is 0 Å². The fraction of sp³-hybridized carbons (Fsp3) is 0.688. The molecule has 19 heavy (non-hydrogen) atoms. The minimum atomic E-state index is 0.143. The average Bonchev–Trinajstić information content (AvgIpc) is 2.40. The maximum absolute atomic E-state index is 6.58.